The molecule has 0 unspecified atom stereocenters. The van der Waals surface area contributed by atoms with E-state index in [-0.39, 0.29) is 11.6 Å². The van der Waals surface area contributed by atoms with Crippen LogP contribution in [-0.2, 0) is 6.54 Å². The topological polar surface area (TPSA) is 106 Å². The van der Waals surface area contributed by atoms with Gasteiger partial charge in [0.2, 0.25) is 0 Å². The van der Waals surface area contributed by atoms with Crippen molar-refractivity contribution in [3.8, 4) is 0 Å². The van der Waals surface area contributed by atoms with E-state index in [9.17, 15) is 9.59 Å². The van der Waals surface area contributed by atoms with Gasteiger partial charge in [-0.2, -0.15) is 0 Å². The second kappa shape index (κ2) is 5.76. The molecule has 3 heterocycles. The second-order valence-electron chi connectivity index (χ2n) is 4.79. The molecule has 0 saturated heterocycles. The molecule has 0 aliphatic carbocycles. The fraction of sp³-hybridized carbons (Fsp3) is 0.214. The lowest BCUT2D eigenvalue weighted by Crippen LogP contribution is -2.30. The molecule has 22 heavy (non-hydrogen) atoms. The van der Waals surface area contributed by atoms with E-state index in [1.807, 2.05) is 6.92 Å². The molecule has 0 spiro atoms. The highest BCUT2D eigenvalue weighted by molar-refractivity contribution is 5.93. The molecule has 3 rings (SSSR count). The van der Waals surface area contributed by atoms with E-state index in [2.05, 4.69) is 25.3 Å². The van der Waals surface area contributed by atoms with Crippen LogP contribution in [-0.4, -0.2) is 37.0 Å². The van der Waals surface area contributed by atoms with Crippen molar-refractivity contribution in [1.82, 2.24) is 29.8 Å². The molecule has 0 saturated carbocycles. The number of aromatic amines is 1. The maximum atomic E-state index is 12.0. The Bertz CT molecular complexity index is 865. The molecule has 0 atom stereocenters. The average Bonchev–Trinajstić information content (AvgIpc) is 2.84. The van der Waals surface area contributed by atoms with Gasteiger partial charge in [0.25, 0.3) is 5.91 Å². The molecule has 0 bridgehead atoms. The Morgan fingerprint density at radius 1 is 1.32 bits per heavy atom. The van der Waals surface area contributed by atoms with Gasteiger partial charge in [0, 0.05) is 25.0 Å². The minimum Gasteiger partial charge on any atom is -0.350 e. The van der Waals surface area contributed by atoms with Crippen LogP contribution < -0.4 is 11.0 Å². The summed E-state index contributed by atoms with van der Waals surface area (Å²) in [6, 6.07) is 3.48. The second-order valence-corrected chi connectivity index (χ2v) is 4.79. The van der Waals surface area contributed by atoms with Crippen LogP contribution in [0.2, 0.25) is 0 Å². The van der Waals surface area contributed by atoms with Crippen molar-refractivity contribution >= 4 is 17.1 Å². The molecule has 0 fully saturated rings. The average molecular weight is 298 g/mol. The van der Waals surface area contributed by atoms with Gasteiger partial charge < -0.3 is 10.3 Å². The Morgan fingerprint density at radius 2 is 2.18 bits per heavy atom. The van der Waals surface area contributed by atoms with Gasteiger partial charge in [0.15, 0.2) is 5.65 Å². The quantitative estimate of drug-likeness (QED) is 0.718. The summed E-state index contributed by atoms with van der Waals surface area (Å²) in [5, 5.41) is 2.75. The molecule has 112 valence electrons. The lowest BCUT2D eigenvalue weighted by Gasteiger charge is -2.06. The number of carbonyl (C=O) groups is 1. The van der Waals surface area contributed by atoms with E-state index in [1.54, 1.807) is 12.1 Å². The van der Waals surface area contributed by atoms with Crippen molar-refractivity contribution in [1.29, 1.82) is 0 Å². The van der Waals surface area contributed by atoms with Crippen LogP contribution >= 0.6 is 0 Å². The van der Waals surface area contributed by atoms with E-state index >= 15 is 0 Å². The Labute approximate surface area is 125 Å². The number of rotatable bonds is 4. The Kier molecular flexibility index (Phi) is 3.65. The van der Waals surface area contributed by atoms with Crippen molar-refractivity contribution in [2.24, 2.45) is 0 Å². The smallest absolute Gasteiger partial charge is 0.327 e. The molecule has 0 radical (unpaired) electrons. The molecule has 8 heteroatoms. The van der Waals surface area contributed by atoms with Crippen LogP contribution in [0, 0.1) is 6.92 Å². The number of nitrogens with one attached hydrogen (secondary N) is 2. The van der Waals surface area contributed by atoms with Gasteiger partial charge in [-0.1, -0.05) is 0 Å². The number of H-pyrrole nitrogens is 1. The SMILES string of the molecule is Cc1ccc(C(=O)NCCn2c(=O)[nH]c3cncnc32)cn1. The number of amides is 1. The summed E-state index contributed by atoms with van der Waals surface area (Å²) < 4.78 is 1.46. The van der Waals surface area contributed by atoms with Gasteiger partial charge in [-0.25, -0.2) is 14.8 Å². The molecular formula is C14H14N6O2. The van der Waals surface area contributed by atoms with Crippen LogP contribution in [0.1, 0.15) is 16.1 Å². The molecule has 0 aliphatic rings. The van der Waals surface area contributed by atoms with Gasteiger partial charge in [0.1, 0.15) is 11.8 Å². The normalized spacial score (nSPS) is 10.8. The summed E-state index contributed by atoms with van der Waals surface area (Å²) in [6.07, 6.45) is 4.44. The Morgan fingerprint density at radius 3 is 2.95 bits per heavy atom. The minimum atomic E-state index is -0.276. The molecule has 1 amide bonds. The van der Waals surface area contributed by atoms with Crippen LogP contribution in [0.3, 0.4) is 0 Å². The number of carbonyl (C=O) groups excluding carboxylic acids is 1. The van der Waals surface area contributed by atoms with Gasteiger partial charge in [-0.3, -0.25) is 14.3 Å². The first-order chi connectivity index (χ1) is 10.6. The fourth-order valence-corrected chi connectivity index (χ4v) is 2.10. The third kappa shape index (κ3) is 2.71. The zero-order valence-electron chi connectivity index (χ0n) is 11.9. The van der Waals surface area contributed by atoms with E-state index < -0.39 is 0 Å². The largest absolute Gasteiger partial charge is 0.350 e. The van der Waals surface area contributed by atoms with Crippen LogP contribution in [0.25, 0.3) is 11.2 Å². The van der Waals surface area contributed by atoms with Crippen LogP contribution in [0.15, 0.2) is 35.6 Å². The first kappa shape index (κ1) is 13.9. The van der Waals surface area contributed by atoms with Gasteiger partial charge in [-0.05, 0) is 19.1 Å². The van der Waals surface area contributed by atoms with Crippen LogP contribution in [0.4, 0.5) is 0 Å². The number of nitrogens with zero attached hydrogens (tertiary/aromatic N) is 4. The molecule has 3 aromatic heterocycles. The number of hydrogen-bond donors (Lipinski definition) is 2. The van der Waals surface area contributed by atoms with Crippen molar-refractivity contribution in [3.63, 3.8) is 0 Å². The van der Waals surface area contributed by atoms with Crippen molar-refractivity contribution in [2.45, 2.75) is 13.5 Å². The molecule has 8 nitrogen and oxygen atoms in total. The van der Waals surface area contributed by atoms with Gasteiger partial charge in [-0.15, -0.1) is 0 Å². The zero-order chi connectivity index (χ0) is 15.5. The third-order valence-corrected chi connectivity index (χ3v) is 3.23. The monoisotopic (exact) mass is 298 g/mol. The molecule has 2 N–H and O–H groups in total. The van der Waals surface area contributed by atoms with Gasteiger partial charge >= 0.3 is 5.69 Å². The summed E-state index contributed by atoms with van der Waals surface area (Å²) in [6.45, 7) is 2.48. The lowest BCUT2D eigenvalue weighted by atomic mass is 10.2. The van der Waals surface area contributed by atoms with Crippen molar-refractivity contribution in [3.05, 3.63) is 52.6 Å². The predicted octanol–water partition coefficient (Wildman–Crippen LogP) is 0.253. The summed E-state index contributed by atoms with van der Waals surface area (Å²) in [7, 11) is 0. The minimum absolute atomic E-state index is 0.227. The fourth-order valence-electron chi connectivity index (χ4n) is 2.10. The number of aromatic nitrogens is 5. The number of fused-ring (bicyclic) bond motifs is 1. The Balaban J connectivity index is 1.67. The van der Waals surface area contributed by atoms with Crippen molar-refractivity contribution < 1.29 is 4.79 Å². The highest BCUT2D eigenvalue weighted by Gasteiger charge is 2.09. The van der Waals surface area contributed by atoms with E-state index in [0.717, 1.165) is 5.69 Å². The third-order valence-electron chi connectivity index (χ3n) is 3.23. The molecular weight excluding hydrogens is 284 g/mol. The summed E-state index contributed by atoms with van der Waals surface area (Å²) in [5.74, 6) is -0.227. The maximum absolute atomic E-state index is 12.0. The standard InChI is InChI=1S/C14H14N6O2/c1-9-2-3-10(6-17-9)13(21)16-4-5-20-12-11(19-14(20)22)7-15-8-18-12/h2-3,6-8H,4-5H2,1H3,(H,16,21)(H,19,22). The molecule has 0 aromatic carbocycles. The number of aryl methyl sites for hydroxylation is 1. The first-order valence-corrected chi connectivity index (χ1v) is 6.74. The highest BCUT2D eigenvalue weighted by Crippen LogP contribution is 2.03. The van der Waals surface area contributed by atoms with E-state index in [0.29, 0.717) is 29.8 Å². The first-order valence-electron chi connectivity index (χ1n) is 6.74. The molecule has 3 aromatic rings. The summed E-state index contributed by atoms with van der Waals surface area (Å²) in [4.78, 5) is 38.5. The van der Waals surface area contributed by atoms with E-state index in [1.165, 1.54) is 23.3 Å². The number of imidazole rings is 1. The summed E-state index contributed by atoms with van der Waals surface area (Å²) in [5.41, 5.74) is 2.15. The molecule has 0 aliphatic heterocycles. The lowest BCUT2D eigenvalue weighted by molar-refractivity contribution is 0.0952. The summed E-state index contributed by atoms with van der Waals surface area (Å²) >= 11 is 0. The zero-order valence-corrected chi connectivity index (χ0v) is 11.9. The van der Waals surface area contributed by atoms with Gasteiger partial charge in [0.05, 0.1) is 11.8 Å². The Hall–Kier alpha value is -3.03. The highest BCUT2D eigenvalue weighted by atomic mass is 16.2. The predicted molar refractivity (Wildman–Crippen MR) is 79.5 cm³/mol. The number of pyridine rings is 1. The van der Waals surface area contributed by atoms with Crippen molar-refractivity contribution in [2.75, 3.05) is 6.54 Å². The maximum Gasteiger partial charge on any atom is 0.327 e. The van der Waals surface area contributed by atoms with Crippen LogP contribution in [0.5, 0.6) is 0 Å². The number of hydrogen-bond acceptors (Lipinski definition) is 5. The van der Waals surface area contributed by atoms with E-state index in [4.69, 9.17) is 0 Å².